The first-order valence-corrected chi connectivity index (χ1v) is 11.2. The Morgan fingerprint density at radius 2 is 1.73 bits per heavy atom. The van der Waals surface area contributed by atoms with Crippen LogP contribution in [-0.4, -0.2) is 32.1 Å². The number of unbranched alkanes of at least 4 members (excludes halogenated alkanes) is 1. The summed E-state index contributed by atoms with van der Waals surface area (Å²) in [6, 6.07) is 14.8. The molecule has 8 nitrogen and oxygen atoms in total. The molecular formula is C21H24N4O4S. The number of fused-ring (bicyclic) bond motifs is 1. The van der Waals surface area contributed by atoms with Gasteiger partial charge in [0.25, 0.3) is 15.9 Å². The number of benzene rings is 2. The van der Waals surface area contributed by atoms with Crippen LogP contribution in [0.4, 0.5) is 0 Å². The molecule has 3 rings (SSSR count). The highest BCUT2D eigenvalue weighted by Crippen LogP contribution is 2.23. The number of sulfonamides is 1. The standard InChI is InChI=1S/C21H24N4O4S/c1-2-3-12-17(21(27)24-23-19(26)14-15-9-5-4-6-10-15)22-20-16-11-7-8-13-18(16)30(28,29)25-20/h4-11,13,17H,2-3,12,14H2,1H3,(H,22,25)(H,23,26)(H,24,27). The van der Waals surface area contributed by atoms with Crippen LogP contribution in [0.2, 0.25) is 0 Å². The molecule has 1 atom stereocenters. The lowest BCUT2D eigenvalue weighted by atomic mass is 10.1. The first-order valence-electron chi connectivity index (χ1n) is 9.73. The van der Waals surface area contributed by atoms with Crippen LogP contribution in [0.3, 0.4) is 0 Å². The van der Waals surface area contributed by atoms with Crippen LogP contribution in [0.15, 0.2) is 64.5 Å². The summed E-state index contributed by atoms with van der Waals surface area (Å²) in [7, 11) is -3.69. The molecule has 2 amide bonds. The summed E-state index contributed by atoms with van der Waals surface area (Å²) in [5.41, 5.74) is 6.06. The van der Waals surface area contributed by atoms with Crippen molar-refractivity contribution >= 4 is 27.7 Å². The van der Waals surface area contributed by atoms with E-state index in [2.05, 4.69) is 20.6 Å². The van der Waals surface area contributed by atoms with E-state index in [0.29, 0.717) is 12.0 Å². The van der Waals surface area contributed by atoms with Crippen LogP contribution in [0.25, 0.3) is 0 Å². The summed E-state index contributed by atoms with van der Waals surface area (Å²) in [5.74, 6) is -0.721. The fourth-order valence-electron chi connectivity index (χ4n) is 3.08. The van der Waals surface area contributed by atoms with Gasteiger partial charge in [-0.05, 0) is 24.1 Å². The maximum atomic E-state index is 12.7. The molecule has 30 heavy (non-hydrogen) atoms. The van der Waals surface area contributed by atoms with Crippen molar-refractivity contribution in [1.82, 2.24) is 15.6 Å². The Morgan fingerprint density at radius 3 is 2.47 bits per heavy atom. The van der Waals surface area contributed by atoms with E-state index in [0.717, 1.165) is 18.4 Å². The number of hydrogen-bond donors (Lipinski definition) is 3. The molecule has 158 valence electrons. The van der Waals surface area contributed by atoms with E-state index in [4.69, 9.17) is 0 Å². The van der Waals surface area contributed by atoms with E-state index in [1.165, 1.54) is 6.07 Å². The first kappa shape index (κ1) is 21.5. The van der Waals surface area contributed by atoms with Gasteiger partial charge in [-0.1, -0.05) is 62.2 Å². The topological polar surface area (TPSA) is 117 Å². The molecule has 1 heterocycles. The van der Waals surface area contributed by atoms with Crippen LogP contribution in [-0.2, 0) is 26.0 Å². The van der Waals surface area contributed by atoms with E-state index >= 15 is 0 Å². The van der Waals surface area contributed by atoms with Crippen LogP contribution >= 0.6 is 0 Å². The van der Waals surface area contributed by atoms with Crippen molar-refractivity contribution in [3.63, 3.8) is 0 Å². The average molecular weight is 429 g/mol. The summed E-state index contributed by atoms with van der Waals surface area (Å²) >= 11 is 0. The molecule has 1 aliphatic heterocycles. The molecular weight excluding hydrogens is 404 g/mol. The maximum Gasteiger partial charge on any atom is 0.263 e. The summed E-state index contributed by atoms with van der Waals surface area (Å²) in [4.78, 5) is 29.3. The second-order valence-electron chi connectivity index (χ2n) is 6.94. The second kappa shape index (κ2) is 9.53. The first-order chi connectivity index (χ1) is 14.4. The quantitative estimate of drug-likeness (QED) is 0.582. The molecule has 1 unspecified atom stereocenters. The van der Waals surface area contributed by atoms with Crippen molar-refractivity contribution < 1.29 is 18.0 Å². The molecule has 0 saturated heterocycles. The molecule has 2 aromatic carbocycles. The van der Waals surface area contributed by atoms with E-state index in [1.54, 1.807) is 18.2 Å². The van der Waals surface area contributed by atoms with E-state index in [9.17, 15) is 18.0 Å². The molecule has 0 saturated carbocycles. The van der Waals surface area contributed by atoms with Gasteiger partial charge in [-0.3, -0.25) is 30.2 Å². The Bertz CT molecular complexity index is 1050. The number of carbonyl (C=O) groups excluding carboxylic acids is 2. The smallest absolute Gasteiger partial charge is 0.263 e. The van der Waals surface area contributed by atoms with Gasteiger partial charge in [0.15, 0.2) is 0 Å². The fourth-order valence-corrected chi connectivity index (χ4v) is 4.32. The number of aliphatic imine (C=N–C) groups is 1. The zero-order chi connectivity index (χ0) is 21.6. The molecule has 9 heteroatoms. The Kier molecular flexibility index (Phi) is 6.83. The zero-order valence-corrected chi connectivity index (χ0v) is 17.4. The van der Waals surface area contributed by atoms with Crippen molar-refractivity contribution in [2.45, 2.75) is 43.5 Å². The van der Waals surface area contributed by atoms with Crippen molar-refractivity contribution in [2.24, 2.45) is 4.99 Å². The third kappa shape index (κ3) is 5.24. The maximum absolute atomic E-state index is 12.7. The molecule has 1 aliphatic rings. The summed E-state index contributed by atoms with van der Waals surface area (Å²) < 4.78 is 26.9. The SMILES string of the molecule is CCCCC(N=C1NS(=O)(=O)c2ccccc21)C(=O)NNC(=O)Cc1ccccc1. The highest BCUT2D eigenvalue weighted by Gasteiger charge is 2.31. The lowest BCUT2D eigenvalue weighted by Gasteiger charge is -2.14. The van der Waals surface area contributed by atoms with E-state index in [-0.39, 0.29) is 23.1 Å². The minimum absolute atomic E-state index is 0.127. The third-order valence-corrected chi connectivity index (χ3v) is 6.01. The third-order valence-electron chi connectivity index (χ3n) is 4.61. The van der Waals surface area contributed by atoms with Crippen molar-refractivity contribution in [1.29, 1.82) is 0 Å². The summed E-state index contributed by atoms with van der Waals surface area (Å²) in [6.07, 6.45) is 2.12. The normalized spacial score (nSPS) is 16.4. The molecule has 2 aromatic rings. The molecule has 3 N–H and O–H groups in total. The van der Waals surface area contributed by atoms with Crippen LogP contribution in [0.1, 0.15) is 37.3 Å². The number of rotatable bonds is 7. The minimum Gasteiger partial charge on any atom is -0.273 e. The van der Waals surface area contributed by atoms with E-state index in [1.807, 2.05) is 37.3 Å². The number of hydrogen-bond acceptors (Lipinski definition) is 5. The predicted octanol–water partition coefficient (Wildman–Crippen LogP) is 1.67. The van der Waals surface area contributed by atoms with Crippen molar-refractivity contribution in [3.8, 4) is 0 Å². The van der Waals surface area contributed by atoms with Gasteiger partial charge >= 0.3 is 0 Å². The van der Waals surface area contributed by atoms with Gasteiger partial charge in [0.05, 0.1) is 11.3 Å². The Labute approximate surface area is 175 Å². The Balaban J connectivity index is 1.70. The number of nitrogens with one attached hydrogen (secondary N) is 3. The number of hydrazine groups is 1. The highest BCUT2D eigenvalue weighted by molar-refractivity contribution is 7.90. The predicted molar refractivity (Wildman–Crippen MR) is 113 cm³/mol. The van der Waals surface area contributed by atoms with Crippen LogP contribution in [0.5, 0.6) is 0 Å². The van der Waals surface area contributed by atoms with Gasteiger partial charge in [0.2, 0.25) is 5.91 Å². The number of carbonyl (C=O) groups is 2. The van der Waals surface area contributed by atoms with Gasteiger partial charge in [0.1, 0.15) is 11.9 Å². The summed E-state index contributed by atoms with van der Waals surface area (Å²) in [6.45, 7) is 1.98. The molecule has 0 aliphatic carbocycles. The summed E-state index contributed by atoms with van der Waals surface area (Å²) in [5, 5.41) is 0. The lowest BCUT2D eigenvalue weighted by molar-refractivity contribution is -0.129. The zero-order valence-electron chi connectivity index (χ0n) is 16.6. The number of nitrogens with zero attached hydrogens (tertiary/aromatic N) is 1. The van der Waals surface area contributed by atoms with Gasteiger partial charge in [-0.25, -0.2) is 8.42 Å². The molecule has 0 spiro atoms. The average Bonchev–Trinajstić information content (AvgIpc) is 3.00. The van der Waals surface area contributed by atoms with Gasteiger partial charge in [0, 0.05) is 5.56 Å². The molecule has 0 fully saturated rings. The van der Waals surface area contributed by atoms with Crippen LogP contribution in [0, 0.1) is 0 Å². The van der Waals surface area contributed by atoms with Crippen molar-refractivity contribution in [2.75, 3.05) is 0 Å². The van der Waals surface area contributed by atoms with Gasteiger partial charge in [-0.15, -0.1) is 0 Å². The number of amides is 2. The highest BCUT2D eigenvalue weighted by atomic mass is 32.2. The lowest BCUT2D eigenvalue weighted by Crippen LogP contribution is -2.47. The Morgan fingerprint density at radius 1 is 1.03 bits per heavy atom. The molecule has 0 radical (unpaired) electrons. The Hall–Kier alpha value is -3.20. The number of amidine groups is 1. The fraction of sp³-hybridized carbons (Fsp3) is 0.286. The van der Waals surface area contributed by atoms with Crippen LogP contribution < -0.4 is 15.6 Å². The van der Waals surface area contributed by atoms with Gasteiger partial charge in [-0.2, -0.15) is 0 Å². The van der Waals surface area contributed by atoms with Crippen molar-refractivity contribution in [3.05, 3.63) is 65.7 Å². The largest absolute Gasteiger partial charge is 0.273 e. The minimum atomic E-state index is -3.69. The second-order valence-corrected chi connectivity index (χ2v) is 8.59. The molecule has 0 bridgehead atoms. The van der Waals surface area contributed by atoms with Gasteiger partial charge < -0.3 is 0 Å². The monoisotopic (exact) mass is 428 g/mol. The molecule has 0 aromatic heterocycles. The van der Waals surface area contributed by atoms with E-state index < -0.39 is 22.0 Å².